The first kappa shape index (κ1) is 12.7. The number of nitriles is 1. The van der Waals surface area contributed by atoms with Gasteiger partial charge in [0.25, 0.3) is 0 Å². The molecule has 0 aliphatic rings. The Morgan fingerprint density at radius 3 is 2.62 bits per heavy atom. The highest BCUT2D eigenvalue weighted by molar-refractivity contribution is 7.91. The monoisotopic (exact) mass is 238 g/mol. The molecule has 0 fully saturated rings. The van der Waals surface area contributed by atoms with Gasteiger partial charge in [-0.3, -0.25) is 0 Å². The van der Waals surface area contributed by atoms with Crippen molar-refractivity contribution in [1.29, 1.82) is 5.26 Å². The van der Waals surface area contributed by atoms with Crippen LogP contribution in [0.1, 0.15) is 31.5 Å². The van der Waals surface area contributed by atoms with E-state index in [0.717, 1.165) is 5.56 Å². The third-order valence-corrected chi connectivity index (χ3v) is 4.16. The maximum Gasteiger partial charge on any atom is 0.181 e. The van der Waals surface area contributed by atoms with Crippen LogP contribution < -0.4 is 0 Å². The summed E-state index contributed by atoms with van der Waals surface area (Å²) in [6.07, 6.45) is 2.78. The SMILES string of the molecule is CCCS(=O)(=O)c1cc(CC)cnc1C#N. The lowest BCUT2D eigenvalue weighted by atomic mass is 10.2. The van der Waals surface area contributed by atoms with Gasteiger partial charge in [0.05, 0.1) is 5.75 Å². The highest BCUT2D eigenvalue weighted by Crippen LogP contribution is 2.17. The van der Waals surface area contributed by atoms with Gasteiger partial charge in [0.15, 0.2) is 15.5 Å². The lowest BCUT2D eigenvalue weighted by molar-refractivity contribution is 0.594. The summed E-state index contributed by atoms with van der Waals surface area (Å²) in [6, 6.07) is 3.37. The van der Waals surface area contributed by atoms with Crippen molar-refractivity contribution in [1.82, 2.24) is 4.98 Å². The van der Waals surface area contributed by atoms with E-state index in [-0.39, 0.29) is 16.3 Å². The summed E-state index contributed by atoms with van der Waals surface area (Å²) in [5.74, 6) is 0.0521. The second-order valence-corrected chi connectivity index (χ2v) is 5.55. The molecule has 0 N–H and O–H groups in total. The van der Waals surface area contributed by atoms with Crippen LogP contribution in [0.15, 0.2) is 17.2 Å². The van der Waals surface area contributed by atoms with E-state index in [4.69, 9.17) is 5.26 Å². The van der Waals surface area contributed by atoms with Gasteiger partial charge in [-0.05, 0) is 24.5 Å². The number of hydrogen-bond acceptors (Lipinski definition) is 4. The fraction of sp³-hybridized carbons (Fsp3) is 0.455. The topological polar surface area (TPSA) is 70.8 Å². The van der Waals surface area contributed by atoms with Crippen LogP contribution in [0.25, 0.3) is 0 Å². The summed E-state index contributed by atoms with van der Waals surface area (Å²) in [5, 5.41) is 8.84. The van der Waals surface area contributed by atoms with Crippen molar-refractivity contribution < 1.29 is 8.42 Å². The van der Waals surface area contributed by atoms with Crippen LogP contribution in [-0.2, 0) is 16.3 Å². The second-order valence-electron chi connectivity index (χ2n) is 3.47. The highest BCUT2D eigenvalue weighted by Gasteiger charge is 2.19. The summed E-state index contributed by atoms with van der Waals surface area (Å²) in [4.78, 5) is 3.94. The van der Waals surface area contributed by atoms with Crippen LogP contribution in [0, 0.1) is 11.3 Å². The molecular formula is C11H14N2O2S. The normalized spacial score (nSPS) is 11.1. The number of rotatable bonds is 4. The molecule has 1 heterocycles. The van der Waals surface area contributed by atoms with E-state index >= 15 is 0 Å². The quantitative estimate of drug-likeness (QED) is 0.800. The van der Waals surface area contributed by atoms with Crippen LogP contribution in [0.4, 0.5) is 0 Å². The summed E-state index contributed by atoms with van der Waals surface area (Å²) in [6.45, 7) is 3.71. The molecule has 0 radical (unpaired) electrons. The molecule has 86 valence electrons. The van der Waals surface area contributed by atoms with Crippen molar-refractivity contribution in [3.63, 3.8) is 0 Å². The molecule has 0 unspecified atom stereocenters. The maximum atomic E-state index is 11.9. The van der Waals surface area contributed by atoms with Gasteiger partial charge in [0.1, 0.15) is 11.0 Å². The van der Waals surface area contributed by atoms with E-state index in [1.54, 1.807) is 19.2 Å². The van der Waals surface area contributed by atoms with E-state index < -0.39 is 9.84 Å². The molecule has 4 nitrogen and oxygen atoms in total. The predicted molar refractivity (Wildman–Crippen MR) is 60.7 cm³/mol. The summed E-state index contributed by atoms with van der Waals surface area (Å²) < 4.78 is 23.8. The smallest absolute Gasteiger partial charge is 0.181 e. The standard InChI is InChI=1S/C11H14N2O2S/c1-3-5-16(14,15)11-6-9(4-2)8-13-10(11)7-12/h6,8H,3-5H2,1-2H3. The predicted octanol–water partition coefficient (Wildman–Crippen LogP) is 1.70. The average Bonchev–Trinajstić information content (AvgIpc) is 2.28. The molecule has 0 bridgehead atoms. The molecule has 0 saturated carbocycles. The molecule has 0 atom stereocenters. The molecule has 0 saturated heterocycles. The zero-order chi connectivity index (χ0) is 12.2. The Labute approximate surface area is 95.9 Å². The summed E-state index contributed by atoms with van der Waals surface area (Å²) in [7, 11) is -3.37. The van der Waals surface area contributed by atoms with Crippen molar-refractivity contribution in [2.45, 2.75) is 31.6 Å². The Kier molecular flexibility index (Phi) is 4.02. The first-order valence-electron chi connectivity index (χ1n) is 5.17. The fourth-order valence-electron chi connectivity index (χ4n) is 1.38. The minimum Gasteiger partial charge on any atom is -0.244 e. The van der Waals surface area contributed by atoms with Crippen LogP contribution in [-0.4, -0.2) is 19.2 Å². The van der Waals surface area contributed by atoms with Gasteiger partial charge in [-0.2, -0.15) is 5.26 Å². The van der Waals surface area contributed by atoms with Crippen LogP contribution >= 0.6 is 0 Å². The molecule has 0 amide bonds. The van der Waals surface area contributed by atoms with E-state index in [1.807, 2.05) is 13.0 Å². The number of sulfone groups is 1. The Bertz CT molecular complexity index is 515. The highest BCUT2D eigenvalue weighted by atomic mass is 32.2. The van der Waals surface area contributed by atoms with Crippen molar-refractivity contribution >= 4 is 9.84 Å². The number of nitrogens with zero attached hydrogens (tertiary/aromatic N) is 2. The first-order valence-corrected chi connectivity index (χ1v) is 6.82. The van der Waals surface area contributed by atoms with Crippen LogP contribution in [0.2, 0.25) is 0 Å². The third kappa shape index (κ3) is 2.58. The van der Waals surface area contributed by atoms with Crippen molar-refractivity contribution in [2.24, 2.45) is 0 Å². The molecule has 16 heavy (non-hydrogen) atoms. The maximum absolute atomic E-state index is 11.9. The van der Waals surface area contributed by atoms with E-state index in [2.05, 4.69) is 4.98 Å². The lowest BCUT2D eigenvalue weighted by Crippen LogP contribution is -2.09. The molecule has 1 rings (SSSR count). The molecule has 1 aromatic heterocycles. The molecule has 0 spiro atoms. The Morgan fingerprint density at radius 1 is 1.44 bits per heavy atom. The minimum atomic E-state index is -3.37. The molecule has 1 aromatic rings. The Balaban J connectivity index is 3.36. The van der Waals surface area contributed by atoms with Gasteiger partial charge < -0.3 is 0 Å². The Morgan fingerprint density at radius 2 is 2.12 bits per heavy atom. The van der Waals surface area contributed by atoms with Gasteiger partial charge >= 0.3 is 0 Å². The Hall–Kier alpha value is -1.41. The number of aryl methyl sites for hydroxylation is 1. The summed E-state index contributed by atoms with van der Waals surface area (Å²) >= 11 is 0. The van der Waals surface area contributed by atoms with Gasteiger partial charge in [-0.15, -0.1) is 0 Å². The van der Waals surface area contributed by atoms with E-state index in [0.29, 0.717) is 12.8 Å². The first-order chi connectivity index (χ1) is 7.55. The molecule has 0 aliphatic heterocycles. The lowest BCUT2D eigenvalue weighted by Gasteiger charge is -2.06. The van der Waals surface area contributed by atoms with Crippen LogP contribution in [0.3, 0.4) is 0 Å². The average molecular weight is 238 g/mol. The summed E-state index contributed by atoms with van der Waals surface area (Å²) in [5.41, 5.74) is 0.819. The minimum absolute atomic E-state index is 0.00866. The van der Waals surface area contributed by atoms with Gasteiger partial charge in [0.2, 0.25) is 0 Å². The fourth-order valence-corrected chi connectivity index (χ4v) is 2.86. The second kappa shape index (κ2) is 5.08. The largest absolute Gasteiger partial charge is 0.244 e. The van der Waals surface area contributed by atoms with E-state index in [9.17, 15) is 8.42 Å². The molecular weight excluding hydrogens is 224 g/mol. The van der Waals surface area contributed by atoms with Gasteiger partial charge in [-0.1, -0.05) is 13.8 Å². The zero-order valence-electron chi connectivity index (χ0n) is 9.40. The van der Waals surface area contributed by atoms with Crippen molar-refractivity contribution in [3.05, 3.63) is 23.5 Å². The van der Waals surface area contributed by atoms with E-state index in [1.165, 1.54) is 0 Å². The number of hydrogen-bond donors (Lipinski definition) is 0. The number of pyridine rings is 1. The van der Waals surface area contributed by atoms with Crippen LogP contribution in [0.5, 0.6) is 0 Å². The molecule has 5 heteroatoms. The number of aromatic nitrogens is 1. The third-order valence-electron chi connectivity index (χ3n) is 2.23. The van der Waals surface area contributed by atoms with Crippen molar-refractivity contribution in [3.8, 4) is 6.07 Å². The van der Waals surface area contributed by atoms with Gasteiger partial charge in [0, 0.05) is 6.20 Å². The van der Waals surface area contributed by atoms with Gasteiger partial charge in [-0.25, -0.2) is 13.4 Å². The molecule has 0 aliphatic carbocycles. The molecule has 0 aromatic carbocycles. The van der Waals surface area contributed by atoms with Crippen molar-refractivity contribution in [2.75, 3.05) is 5.75 Å². The zero-order valence-corrected chi connectivity index (χ0v) is 10.2.